The summed E-state index contributed by atoms with van der Waals surface area (Å²) in [6, 6.07) is 12.7. The van der Waals surface area contributed by atoms with Gasteiger partial charge in [0.2, 0.25) is 10.0 Å². The van der Waals surface area contributed by atoms with Crippen molar-refractivity contribution < 1.29 is 17.9 Å². The number of aryl methyl sites for hydroxylation is 1. The third-order valence-corrected chi connectivity index (χ3v) is 7.45. The van der Waals surface area contributed by atoms with E-state index in [9.17, 15) is 13.2 Å². The minimum Gasteiger partial charge on any atom is -0.484 e. The molecule has 1 saturated heterocycles. The molecule has 0 radical (unpaired) electrons. The highest BCUT2D eigenvalue weighted by atomic mass is 32.2. The SMILES string of the molecule is Cc1cccc(OCC(=O)N2CCc3cc(S(=O)(=O)N4CCCCC4)ccc32)c1. The lowest BCUT2D eigenvalue weighted by atomic mass is 10.2. The van der Waals surface area contributed by atoms with E-state index in [0.717, 1.165) is 36.1 Å². The Bertz CT molecular complexity index is 1010. The van der Waals surface area contributed by atoms with Gasteiger partial charge in [0.25, 0.3) is 5.91 Å². The first-order valence-corrected chi connectivity index (χ1v) is 11.5. The van der Waals surface area contributed by atoms with Gasteiger partial charge in [-0.25, -0.2) is 8.42 Å². The molecule has 2 aromatic carbocycles. The summed E-state index contributed by atoms with van der Waals surface area (Å²) in [6.45, 7) is 3.64. The largest absolute Gasteiger partial charge is 0.484 e. The molecule has 2 heterocycles. The van der Waals surface area contributed by atoms with Gasteiger partial charge in [-0.05, 0) is 67.6 Å². The topological polar surface area (TPSA) is 66.9 Å². The van der Waals surface area contributed by atoms with E-state index in [-0.39, 0.29) is 12.5 Å². The molecule has 1 amide bonds. The molecule has 4 rings (SSSR count). The predicted octanol–water partition coefficient (Wildman–Crippen LogP) is 3.14. The molecule has 0 saturated carbocycles. The van der Waals surface area contributed by atoms with Crippen molar-refractivity contribution in [1.82, 2.24) is 4.31 Å². The number of carbonyl (C=O) groups is 1. The second-order valence-electron chi connectivity index (χ2n) is 7.66. The van der Waals surface area contributed by atoms with Crippen LogP contribution in [-0.2, 0) is 21.2 Å². The summed E-state index contributed by atoms with van der Waals surface area (Å²) in [5.41, 5.74) is 2.75. The van der Waals surface area contributed by atoms with Crippen LogP contribution in [0.2, 0.25) is 0 Å². The molecule has 0 aliphatic carbocycles. The number of anilines is 1. The van der Waals surface area contributed by atoms with Gasteiger partial charge in [-0.15, -0.1) is 0 Å². The van der Waals surface area contributed by atoms with Crippen molar-refractivity contribution in [2.75, 3.05) is 31.1 Å². The van der Waals surface area contributed by atoms with E-state index in [2.05, 4.69) is 0 Å². The van der Waals surface area contributed by atoms with Crippen molar-refractivity contribution in [2.24, 2.45) is 0 Å². The van der Waals surface area contributed by atoms with E-state index in [1.165, 1.54) is 0 Å². The number of piperidine rings is 1. The van der Waals surface area contributed by atoms with Crippen molar-refractivity contribution in [3.8, 4) is 5.75 Å². The number of hydrogen-bond donors (Lipinski definition) is 0. The summed E-state index contributed by atoms with van der Waals surface area (Å²) in [4.78, 5) is 14.7. The molecular formula is C22H26N2O4S. The molecule has 1 fully saturated rings. The number of nitrogens with zero attached hydrogens (tertiary/aromatic N) is 2. The summed E-state index contributed by atoms with van der Waals surface area (Å²) >= 11 is 0. The van der Waals surface area contributed by atoms with Crippen LogP contribution >= 0.6 is 0 Å². The third kappa shape index (κ3) is 4.16. The normalized spacial score (nSPS) is 17.2. The van der Waals surface area contributed by atoms with E-state index in [1.54, 1.807) is 27.4 Å². The van der Waals surface area contributed by atoms with Crippen molar-refractivity contribution in [2.45, 2.75) is 37.5 Å². The number of rotatable bonds is 5. The summed E-state index contributed by atoms with van der Waals surface area (Å²) in [5.74, 6) is 0.539. The van der Waals surface area contributed by atoms with Crippen molar-refractivity contribution in [3.05, 3.63) is 53.6 Å². The van der Waals surface area contributed by atoms with Crippen LogP contribution in [0.1, 0.15) is 30.4 Å². The second-order valence-corrected chi connectivity index (χ2v) is 9.59. The van der Waals surface area contributed by atoms with E-state index in [0.29, 0.717) is 36.7 Å². The maximum absolute atomic E-state index is 12.9. The standard InChI is InChI=1S/C22H26N2O4S/c1-17-6-5-7-19(14-17)28-16-22(25)24-13-10-18-15-20(8-9-21(18)24)29(26,27)23-11-3-2-4-12-23/h5-9,14-15H,2-4,10-13,16H2,1H3. The van der Waals surface area contributed by atoms with Crippen molar-refractivity contribution in [3.63, 3.8) is 0 Å². The van der Waals surface area contributed by atoms with Gasteiger partial charge in [-0.3, -0.25) is 4.79 Å². The van der Waals surface area contributed by atoms with E-state index in [4.69, 9.17) is 4.74 Å². The first kappa shape index (κ1) is 19.9. The molecule has 0 unspecified atom stereocenters. The molecule has 0 bridgehead atoms. The first-order chi connectivity index (χ1) is 13.9. The zero-order valence-electron chi connectivity index (χ0n) is 16.6. The first-order valence-electron chi connectivity index (χ1n) is 10.1. The number of hydrogen-bond acceptors (Lipinski definition) is 4. The second kappa shape index (κ2) is 8.16. The van der Waals surface area contributed by atoms with Crippen molar-refractivity contribution in [1.29, 1.82) is 0 Å². The van der Waals surface area contributed by atoms with Crippen LogP contribution < -0.4 is 9.64 Å². The van der Waals surface area contributed by atoms with Crippen LogP contribution in [0.25, 0.3) is 0 Å². The van der Waals surface area contributed by atoms with E-state index in [1.807, 2.05) is 31.2 Å². The molecule has 0 atom stereocenters. The zero-order chi connectivity index (χ0) is 20.4. The lowest BCUT2D eigenvalue weighted by Gasteiger charge is -2.26. The quantitative estimate of drug-likeness (QED) is 0.754. The molecular weight excluding hydrogens is 388 g/mol. The van der Waals surface area contributed by atoms with E-state index >= 15 is 0 Å². The Kier molecular flexibility index (Phi) is 5.61. The van der Waals surface area contributed by atoms with Crippen LogP contribution in [0.3, 0.4) is 0 Å². The van der Waals surface area contributed by atoms with Gasteiger partial charge in [0.15, 0.2) is 6.61 Å². The van der Waals surface area contributed by atoms with Gasteiger partial charge < -0.3 is 9.64 Å². The smallest absolute Gasteiger partial charge is 0.264 e. The number of amides is 1. The van der Waals surface area contributed by atoms with Crippen LogP contribution in [0.4, 0.5) is 5.69 Å². The lowest BCUT2D eigenvalue weighted by Crippen LogP contribution is -2.35. The fraction of sp³-hybridized carbons (Fsp3) is 0.409. The van der Waals surface area contributed by atoms with Crippen molar-refractivity contribution >= 4 is 21.6 Å². The summed E-state index contributed by atoms with van der Waals surface area (Å²) in [6.07, 6.45) is 3.55. The maximum atomic E-state index is 12.9. The minimum absolute atomic E-state index is 0.0449. The average molecular weight is 415 g/mol. The fourth-order valence-electron chi connectivity index (χ4n) is 3.98. The van der Waals surface area contributed by atoms with Crippen LogP contribution in [-0.4, -0.2) is 44.9 Å². The van der Waals surface area contributed by atoms with Crippen LogP contribution in [0, 0.1) is 6.92 Å². The van der Waals surface area contributed by atoms with E-state index < -0.39 is 10.0 Å². The Morgan fingerprint density at radius 1 is 1.03 bits per heavy atom. The van der Waals surface area contributed by atoms with Gasteiger partial charge in [-0.1, -0.05) is 18.6 Å². The number of fused-ring (bicyclic) bond motifs is 1. The van der Waals surface area contributed by atoms with Crippen LogP contribution in [0.5, 0.6) is 5.75 Å². The van der Waals surface area contributed by atoms with Gasteiger partial charge in [0.1, 0.15) is 5.75 Å². The highest BCUT2D eigenvalue weighted by molar-refractivity contribution is 7.89. The van der Waals surface area contributed by atoms with Gasteiger partial charge in [0, 0.05) is 25.3 Å². The third-order valence-electron chi connectivity index (χ3n) is 5.55. The van der Waals surface area contributed by atoms with Crippen LogP contribution in [0.15, 0.2) is 47.4 Å². The Morgan fingerprint density at radius 2 is 1.83 bits per heavy atom. The molecule has 2 aromatic rings. The molecule has 29 heavy (non-hydrogen) atoms. The number of sulfonamides is 1. The number of benzene rings is 2. The summed E-state index contributed by atoms with van der Waals surface area (Å²) < 4.78 is 33.0. The monoisotopic (exact) mass is 414 g/mol. The molecule has 6 nitrogen and oxygen atoms in total. The summed E-state index contributed by atoms with van der Waals surface area (Å²) in [5, 5.41) is 0. The molecule has 154 valence electrons. The molecule has 0 spiro atoms. The van der Waals surface area contributed by atoms with Gasteiger partial charge in [0.05, 0.1) is 4.90 Å². The average Bonchev–Trinajstić information content (AvgIpc) is 3.16. The summed E-state index contributed by atoms with van der Waals surface area (Å²) in [7, 11) is -3.47. The molecule has 7 heteroatoms. The molecule has 2 aliphatic rings. The molecule has 0 N–H and O–H groups in total. The Labute approximate surface area is 172 Å². The number of ether oxygens (including phenoxy) is 1. The van der Waals surface area contributed by atoms with Gasteiger partial charge >= 0.3 is 0 Å². The molecule has 2 aliphatic heterocycles. The van der Waals surface area contributed by atoms with Gasteiger partial charge in [-0.2, -0.15) is 4.31 Å². The Hall–Kier alpha value is -2.38. The minimum atomic E-state index is -3.47. The fourth-order valence-corrected chi connectivity index (χ4v) is 5.55. The molecule has 0 aromatic heterocycles. The Morgan fingerprint density at radius 3 is 2.59 bits per heavy atom. The Balaban J connectivity index is 1.47. The maximum Gasteiger partial charge on any atom is 0.264 e. The number of carbonyl (C=O) groups excluding carboxylic acids is 1. The predicted molar refractivity (Wildman–Crippen MR) is 112 cm³/mol. The zero-order valence-corrected chi connectivity index (χ0v) is 17.5. The lowest BCUT2D eigenvalue weighted by molar-refractivity contribution is -0.120. The highest BCUT2D eigenvalue weighted by Gasteiger charge is 2.30. The highest BCUT2D eigenvalue weighted by Crippen LogP contribution is 2.32.